The largest absolute Gasteiger partial charge is 0.384 e. The van der Waals surface area contributed by atoms with Crippen LogP contribution in [0, 0.1) is 5.92 Å². The van der Waals surface area contributed by atoms with E-state index < -0.39 is 21.9 Å². The van der Waals surface area contributed by atoms with Gasteiger partial charge in [-0.1, -0.05) is 0 Å². The molecule has 24 heavy (non-hydrogen) atoms. The van der Waals surface area contributed by atoms with Gasteiger partial charge in [-0.05, 0) is 37.6 Å². The van der Waals surface area contributed by atoms with Gasteiger partial charge in [-0.3, -0.25) is 4.79 Å². The molecule has 0 heterocycles. The Labute approximate surface area is 140 Å². The average Bonchev–Trinajstić information content (AvgIpc) is 2.52. The van der Waals surface area contributed by atoms with Crippen LogP contribution in [0.3, 0.4) is 0 Å². The highest BCUT2D eigenvalue weighted by atomic mass is 32.2. The first kappa shape index (κ1) is 18.6. The number of benzene rings is 1. The number of rotatable bonds is 7. The van der Waals surface area contributed by atoms with Crippen molar-refractivity contribution >= 4 is 21.6 Å². The molecular weight excluding hydrogens is 340 g/mol. The number of halogens is 2. The van der Waals surface area contributed by atoms with Crippen molar-refractivity contribution in [1.29, 1.82) is 0 Å². The molecule has 1 aromatic rings. The summed E-state index contributed by atoms with van der Waals surface area (Å²) in [5.74, 6) is -3.00. The van der Waals surface area contributed by atoms with Crippen LogP contribution >= 0.6 is 0 Å². The lowest BCUT2D eigenvalue weighted by Gasteiger charge is -2.35. The van der Waals surface area contributed by atoms with Crippen LogP contribution in [-0.4, -0.2) is 40.9 Å². The Bertz CT molecular complexity index is 715. The van der Waals surface area contributed by atoms with Crippen LogP contribution in [0.2, 0.25) is 0 Å². The zero-order valence-electron chi connectivity index (χ0n) is 13.5. The van der Waals surface area contributed by atoms with Crippen LogP contribution in [0.4, 0.5) is 14.5 Å². The molecular formula is C15H21F2N3O3S. The third kappa shape index (κ3) is 4.21. The molecule has 1 aliphatic carbocycles. The fourth-order valence-electron chi connectivity index (χ4n) is 2.69. The van der Waals surface area contributed by atoms with Crippen LogP contribution in [0.1, 0.15) is 29.6 Å². The molecule has 1 fully saturated rings. The summed E-state index contributed by atoms with van der Waals surface area (Å²) in [7, 11) is -0.929. The SMILES string of the molecule is CNC(=O)c1cc(S(=O)(=O)NC)ccc1NCCC1CC(F)(F)C1. The van der Waals surface area contributed by atoms with Crippen LogP contribution in [0.25, 0.3) is 0 Å². The lowest BCUT2D eigenvalue weighted by Crippen LogP contribution is -2.36. The van der Waals surface area contributed by atoms with E-state index in [4.69, 9.17) is 0 Å². The summed E-state index contributed by atoms with van der Waals surface area (Å²) >= 11 is 0. The number of carbonyl (C=O) groups excluding carboxylic acids is 1. The first-order valence-electron chi connectivity index (χ1n) is 7.60. The van der Waals surface area contributed by atoms with Crippen molar-refractivity contribution in [3.8, 4) is 0 Å². The van der Waals surface area contributed by atoms with Crippen LogP contribution < -0.4 is 15.4 Å². The van der Waals surface area contributed by atoms with E-state index in [-0.39, 0.29) is 29.2 Å². The minimum Gasteiger partial charge on any atom is -0.384 e. The van der Waals surface area contributed by atoms with Crippen molar-refractivity contribution in [2.45, 2.75) is 30.1 Å². The fraction of sp³-hybridized carbons (Fsp3) is 0.533. The molecule has 134 valence electrons. The first-order valence-corrected chi connectivity index (χ1v) is 9.08. The molecule has 6 nitrogen and oxygen atoms in total. The van der Waals surface area contributed by atoms with Gasteiger partial charge in [-0.15, -0.1) is 0 Å². The number of hydrogen-bond donors (Lipinski definition) is 3. The van der Waals surface area contributed by atoms with Crippen molar-refractivity contribution in [3.05, 3.63) is 23.8 Å². The zero-order valence-corrected chi connectivity index (χ0v) is 14.3. The molecule has 0 bridgehead atoms. The number of hydrogen-bond acceptors (Lipinski definition) is 4. The van der Waals surface area contributed by atoms with Gasteiger partial charge in [0.1, 0.15) is 0 Å². The summed E-state index contributed by atoms with van der Waals surface area (Å²) in [6, 6.07) is 4.17. The van der Waals surface area contributed by atoms with Crippen molar-refractivity contribution < 1.29 is 22.0 Å². The second kappa shape index (κ2) is 7.02. The highest BCUT2D eigenvalue weighted by Crippen LogP contribution is 2.43. The predicted octanol–water partition coefficient (Wildman–Crippen LogP) is 1.80. The van der Waals surface area contributed by atoms with Crippen LogP contribution in [-0.2, 0) is 10.0 Å². The summed E-state index contributed by atoms with van der Waals surface area (Å²) in [4.78, 5) is 12.0. The molecule has 0 radical (unpaired) electrons. The van der Waals surface area contributed by atoms with Gasteiger partial charge in [-0.2, -0.15) is 0 Å². The molecule has 0 aromatic heterocycles. The smallest absolute Gasteiger partial charge is 0.253 e. The maximum atomic E-state index is 12.8. The van der Waals surface area contributed by atoms with Crippen LogP contribution in [0.15, 0.2) is 23.1 Å². The molecule has 1 amide bonds. The minimum atomic E-state index is -3.66. The Morgan fingerprint density at radius 2 is 1.96 bits per heavy atom. The van der Waals surface area contributed by atoms with E-state index in [1.54, 1.807) is 0 Å². The van der Waals surface area contributed by atoms with Gasteiger partial charge in [0.2, 0.25) is 15.9 Å². The Morgan fingerprint density at radius 3 is 2.50 bits per heavy atom. The maximum absolute atomic E-state index is 12.8. The number of nitrogens with one attached hydrogen (secondary N) is 3. The number of carbonyl (C=O) groups is 1. The zero-order chi connectivity index (χ0) is 18.0. The summed E-state index contributed by atoms with van der Waals surface area (Å²) in [6.07, 6.45) is 0.367. The van der Waals surface area contributed by atoms with E-state index in [1.807, 2.05) is 0 Å². The maximum Gasteiger partial charge on any atom is 0.253 e. The van der Waals surface area contributed by atoms with Gasteiger partial charge in [0, 0.05) is 32.1 Å². The van der Waals surface area contributed by atoms with E-state index >= 15 is 0 Å². The predicted molar refractivity (Wildman–Crippen MR) is 86.9 cm³/mol. The highest BCUT2D eigenvalue weighted by Gasteiger charge is 2.44. The molecule has 0 aliphatic heterocycles. The van der Waals surface area contributed by atoms with Crippen molar-refractivity contribution in [2.75, 3.05) is 26.0 Å². The second-order valence-corrected chi connectivity index (χ2v) is 7.73. The van der Waals surface area contributed by atoms with Crippen molar-refractivity contribution in [2.24, 2.45) is 5.92 Å². The van der Waals surface area contributed by atoms with Crippen LogP contribution in [0.5, 0.6) is 0 Å². The highest BCUT2D eigenvalue weighted by molar-refractivity contribution is 7.89. The third-order valence-electron chi connectivity index (χ3n) is 4.08. The van der Waals surface area contributed by atoms with Crippen molar-refractivity contribution in [3.63, 3.8) is 0 Å². The normalized spacial score (nSPS) is 17.2. The lowest BCUT2D eigenvalue weighted by molar-refractivity contribution is -0.111. The molecule has 2 rings (SSSR count). The van der Waals surface area contributed by atoms with Gasteiger partial charge in [0.15, 0.2) is 0 Å². The molecule has 1 aromatic carbocycles. The number of sulfonamides is 1. The van der Waals surface area contributed by atoms with Crippen molar-refractivity contribution in [1.82, 2.24) is 10.0 Å². The Hall–Kier alpha value is -1.74. The molecule has 0 unspecified atom stereocenters. The van der Waals surface area contributed by atoms with E-state index in [2.05, 4.69) is 15.4 Å². The van der Waals surface area contributed by atoms with E-state index in [1.165, 1.54) is 32.3 Å². The van der Waals surface area contributed by atoms with E-state index in [0.717, 1.165) is 0 Å². The summed E-state index contributed by atoms with van der Waals surface area (Å²) in [5, 5.41) is 5.49. The topological polar surface area (TPSA) is 87.3 Å². The van der Waals surface area contributed by atoms with Gasteiger partial charge < -0.3 is 10.6 Å². The van der Waals surface area contributed by atoms with Gasteiger partial charge in [-0.25, -0.2) is 21.9 Å². The fourth-order valence-corrected chi connectivity index (χ4v) is 3.44. The van der Waals surface area contributed by atoms with Gasteiger partial charge in [0.05, 0.1) is 10.5 Å². The Kier molecular flexibility index (Phi) is 5.44. The lowest BCUT2D eigenvalue weighted by atomic mass is 9.79. The number of alkyl halides is 2. The molecule has 1 aliphatic rings. The molecule has 0 atom stereocenters. The quantitative estimate of drug-likeness (QED) is 0.691. The molecule has 0 spiro atoms. The number of amides is 1. The summed E-state index contributed by atoms with van der Waals surface area (Å²) < 4.78 is 51.5. The monoisotopic (exact) mass is 361 g/mol. The molecule has 1 saturated carbocycles. The van der Waals surface area contributed by atoms with Gasteiger partial charge in [0.25, 0.3) is 5.91 Å². The summed E-state index contributed by atoms with van der Waals surface area (Å²) in [5.41, 5.74) is 0.656. The molecule has 9 heteroatoms. The van der Waals surface area contributed by atoms with Gasteiger partial charge >= 0.3 is 0 Å². The number of anilines is 1. The first-order chi connectivity index (χ1) is 11.2. The average molecular weight is 361 g/mol. The standard InChI is InChI=1S/C15H21F2N3O3S/c1-18-14(21)12-7-11(24(22,23)19-2)3-4-13(12)20-6-5-10-8-15(16,17)9-10/h3-4,7,10,19-20H,5-6,8-9H2,1-2H3,(H,18,21). The third-order valence-corrected chi connectivity index (χ3v) is 5.50. The molecule has 0 saturated heterocycles. The minimum absolute atomic E-state index is 0.0206. The Morgan fingerprint density at radius 1 is 1.29 bits per heavy atom. The summed E-state index contributed by atoms with van der Waals surface area (Å²) in [6.45, 7) is 0.433. The Balaban J connectivity index is 2.09. The molecule has 3 N–H and O–H groups in total. The van der Waals surface area contributed by atoms with E-state index in [9.17, 15) is 22.0 Å². The second-order valence-electron chi connectivity index (χ2n) is 5.84. The van der Waals surface area contributed by atoms with E-state index in [0.29, 0.717) is 18.7 Å².